The van der Waals surface area contributed by atoms with E-state index in [1.54, 1.807) is 17.9 Å². The Morgan fingerprint density at radius 3 is 2.89 bits per heavy atom. The number of aryl methyl sites for hydroxylation is 1. The van der Waals surface area contributed by atoms with E-state index in [-0.39, 0.29) is 11.9 Å². The summed E-state index contributed by atoms with van der Waals surface area (Å²) < 4.78 is 11.4. The lowest BCUT2D eigenvalue weighted by Crippen LogP contribution is -2.13. The molecule has 1 aromatic carbocycles. The summed E-state index contributed by atoms with van der Waals surface area (Å²) in [6.45, 7) is 6.36. The largest absolute Gasteiger partial charge is 0.383 e. The van der Waals surface area contributed by atoms with Crippen LogP contribution in [-0.4, -0.2) is 48.5 Å². The van der Waals surface area contributed by atoms with Crippen molar-refractivity contribution in [2.24, 2.45) is 0 Å². The second kappa shape index (κ2) is 9.04. The Balaban J connectivity index is 1.42. The molecule has 4 aromatic heterocycles. The highest BCUT2D eigenvalue weighted by molar-refractivity contribution is 6.07. The van der Waals surface area contributed by atoms with Crippen LogP contribution in [-0.2, 0) is 24.2 Å². The molecule has 0 fully saturated rings. The quantitative estimate of drug-likeness (QED) is 0.361. The van der Waals surface area contributed by atoms with Crippen molar-refractivity contribution in [3.63, 3.8) is 0 Å². The summed E-state index contributed by atoms with van der Waals surface area (Å²) in [5, 5.41) is 9.29. The molecule has 37 heavy (non-hydrogen) atoms. The number of nitrogens with zero attached hydrogens (tertiary/aromatic N) is 6. The Morgan fingerprint density at radius 2 is 2.08 bits per heavy atom. The van der Waals surface area contributed by atoms with Gasteiger partial charge in [-0.05, 0) is 44.9 Å². The van der Waals surface area contributed by atoms with E-state index < -0.39 is 0 Å². The fourth-order valence-electron chi connectivity index (χ4n) is 5.46. The first-order valence-electron chi connectivity index (χ1n) is 12.6. The zero-order valence-corrected chi connectivity index (χ0v) is 21.2. The number of ether oxygens (including phenoxy) is 1. The van der Waals surface area contributed by atoms with Gasteiger partial charge in [-0.2, -0.15) is 5.10 Å². The molecule has 1 amide bonds. The lowest BCUT2D eigenvalue weighted by Gasteiger charge is -2.13. The van der Waals surface area contributed by atoms with Crippen molar-refractivity contribution in [2.45, 2.75) is 45.8 Å². The van der Waals surface area contributed by atoms with E-state index >= 15 is 0 Å². The summed E-state index contributed by atoms with van der Waals surface area (Å²) >= 11 is 0. The third-order valence-electron chi connectivity index (χ3n) is 7.06. The monoisotopic (exact) mass is 498 g/mol. The molecule has 5 aromatic rings. The van der Waals surface area contributed by atoms with Crippen molar-refractivity contribution in [1.82, 2.24) is 28.9 Å². The van der Waals surface area contributed by atoms with E-state index in [9.17, 15) is 4.79 Å². The predicted molar refractivity (Wildman–Crippen MR) is 144 cm³/mol. The number of carbonyl (C=O) groups is 1. The lowest BCUT2D eigenvalue weighted by molar-refractivity contribution is 0.102. The molecule has 5 heterocycles. The van der Waals surface area contributed by atoms with Gasteiger partial charge < -0.3 is 24.9 Å². The van der Waals surface area contributed by atoms with Crippen molar-refractivity contribution in [3.8, 4) is 11.3 Å². The fraction of sp³-hybridized carbons (Fsp3) is 0.333. The molecule has 190 valence electrons. The van der Waals surface area contributed by atoms with E-state index in [1.165, 1.54) is 12.0 Å². The standard InChI is InChI=1S/C27H30N8O2/c1-16(2)35-19-5-4-9-34-20-14-18(27(36)31-22-8-10-33(32-22)11-12-37-3)7-6-17(20)13-21(34)23(19)24-25(28)29-15-30-26(24)35/h6-8,10,13-16H,4-5,9,11-12H2,1-3H3,(H2,28,29,30)(H,31,32,36). The highest BCUT2D eigenvalue weighted by Gasteiger charge is 2.28. The topological polar surface area (TPSA) is 118 Å². The average Bonchev–Trinajstić information content (AvgIpc) is 3.53. The molecule has 0 unspecified atom stereocenters. The van der Waals surface area contributed by atoms with Gasteiger partial charge in [0.25, 0.3) is 5.91 Å². The number of nitrogens with two attached hydrogens (primary N) is 1. The Labute approximate surface area is 214 Å². The van der Waals surface area contributed by atoms with Crippen LogP contribution in [0.5, 0.6) is 0 Å². The number of nitrogens with one attached hydrogen (secondary N) is 1. The van der Waals surface area contributed by atoms with Crippen LogP contribution in [0.3, 0.4) is 0 Å². The molecule has 6 rings (SSSR count). The first-order chi connectivity index (χ1) is 18.0. The number of hydrogen-bond donors (Lipinski definition) is 2. The van der Waals surface area contributed by atoms with Crippen molar-refractivity contribution >= 4 is 39.5 Å². The summed E-state index contributed by atoms with van der Waals surface area (Å²) in [4.78, 5) is 22.0. The van der Waals surface area contributed by atoms with Gasteiger partial charge >= 0.3 is 0 Å². The predicted octanol–water partition coefficient (Wildman–Crippen LogP) is 4.26. The number of carbonyl (C=O) groups excluding carboxylic acids is 1. The second-order valence-corrected chi connectivity index (χ2v) is 9.71. The van der Waals surface area contributed by atoms with Gasteiger partial charge in [-0.3, -0.25) is 9.48 Å². The summed E-state index contributed by atoms with van der Waals surface area (Å²) in [5.74, 6) is 0.805. The zero-order valence-electron chi connectivity index (χ0n) is 21.2. The Morgan fingerprint density at radius 1 is 1.22 bits per heavy atom. The number of aromatic nitrogens is 6. The minimum Gasteiger partial charge on any atom is -0.383 e. The molecule has 0 spiro atoms. The van der Waals surface area contributed by atoms with Gasteiger partial charge in [0.1, 0.15) is 17.8 Å². The molecule has 10 nitrogen and oxygen atoms in total. The molecule has 0 aliphatic carbocycles. The minimum absolute atomic E-state index is 0.196. The SMILES string of the molecule is COCCn1ccc(NC(=O)c2ccc3cc4n(c3c2)CCCc2c-4c3c(N)ncnc3n2C(C)C)n1. The molecule has 0 radical (unpaired) electrons. The van der Waals surface area contributed by atoms with Crippen LogP contribution in [0.15, 0.2) is 42.9 Å². The number of benzene rings is 1. The Hall–Kier alpha value is -4.18. The number of anilines is 2. The molecule has 0 saturated carbocycles. The van der Waals surface area contributed by atoms with Gasteiger partial charge in [-0.15, -0.1) is 0 Å². The van der Waals surface area contributed by atoms with Gasteiger partial charge in [0.15, 0.2) is 5.82 Å². The van der Waals surface area contributed by atoms with E-state index in [4.69, 9.17) is 10.5 Å². The first kappa shape index (κ1) is 23.2. The number of methoxy groups -OCH3 is 1. The van der Waals surface area contributed by atoms with Crippen LogP contribution in [0.2, 0.25) is 0 Å². The van der Waals surface area contributed by atoms with Gasteiger partial charge in [-0.1, -0.05) is 6.07 Å². The maximum absolute atomic E-state index is 13.1. The van der Waals surface area contributed by atoms with Gasteiger partial charge in [-0.25, -0.2) is 9.97 Å². The number of fused-ring (bicyclic) bond motifs is 7. The molecular weight excluding hydrogens is 468 g/mol. The van der Waals surface area contributed by atoms with Crippen molar-refractivity contribution in [2.75, 3.05) is 24.8 Å². The molecular formula is C27H30N8O2. The number of amides is 1. The third kappa shape index (κ3) is 3.84. The van der Waals surface area contributed by atoms with Crippen LogP contribution in [0.25, 0.3) is 33.2 Å². The third-order valence-corrected chi connectivity index (χ3v) is 7.06. The van der Waals surface area contributed by atoms with E-state index in [1.807, 2.05) is 24.4 Å². The first-order valence-corrected chi connectivity index (χ1v) is 12.6. The highest BCUT2D eigenvalue weighted by Crippen LogP contribution is 2.42. The Kier molecular flexibility index (Phi) is 5.68. The molecule has 1 aliphatic heterocycles. The van der Waals surface area contributed by atoms with Crippen LogP contribution in [0, 0.1) is 0 Å². The normalized spacial score (nSPS) is 13.2. The molecule has 3 N–H and O–H groups in total. The van der Waals surface area contributed by atoms with Crippen LogP contribution >= 0.6 is 0 Å². The summed E-state index contributed by atoms with van der Waals surface area (Å²) in [6, 6.07) is 10.0. The van der Waals surface area contributed by atoms with Gasteiger partial charge in [0.05, 0.1) is 24.2 Å². The Bertz CT molecular complexity index is 1640. The smallest absolute Gasteiger partial charge is 0.256 e. The van der Waals surface area contributed by atoms with Gasteiger partial charge in [0.2, 0.25) is 0 Å². The maximum Gasteiger partial charge on any atom is 0.256 e. The van der Waals surface area contributed by atoms with Crippen LogP contribution in [0.4, 0.5) is 11.6 Å². The minimum atomic E-state index is -0.196. The maximum atomic E-state index is 13.1. The van der Waals surface area contributed by atoms with Crippen LogP contribution in [0.1, 0.15) is 42.4 Å². The van der Waals surface area contributed by atoms with Crippen LogP contribution < -0.4 is 11.1 Å². The lowest BCUT2D eigenvalue weighted by atomic mass is 10.1. The summed E-state index contributed by atoms with van der Waals surface area (Å²) in [5.41, 5.74) is 12.3. The fourth-order valence-corrected chi connectivity index (χ4v) is 5.46. The molecule has 0 saturated heterocycles. The van der Waals surface area contributed by atoms with E-state index in [0.29, 0.717) is 30.4 Å². The van der Waals surface area contributed by atoms with Crippen molar-refractivity contribution < 1.29 is 9.53 Å². The van der Waals surface area contributed by atoms with Crippen molar-refractivity contribution in [3.05, 3.63) is 54.1 Å². The molecule has 1 aliphatic rings. The molecule has 0 atom stereocenters. The second-order valence-electron chi connectivity index (χ2n) is 9.71. The highest BCUT2D eigenvalue weighted by atomic mass is 16.5. The number of hydrogen-bond acceptors (Lipinski definition) is 6. The number of nitrogen functional groups attached to an aromatic ring is 1. The number of rotatable bonds is 6. The summed E-state index contributed by atoms with van der Waals surface area (Å²) in [6.07, 6.45) is 5.25. The van der Waals surface area contributed by atoms with Gasteiger partial charge in [0, 0.05) is 59.7 Å². The summed E-state index contributed by atoms with van der Waals surface area (Å²) in [7, 11) is 1.65. The van der Waals surface area contributed by atoms with Crippen molar-refractivity contribution in [1.29, 1.82) is 0 Å². The molecule has 0 bridgehead atoms. The molecule has 10 heteroatoms. The average molecular weight is 499 g/mol. The zero-order chi connectivity index (χ0) is 25.7. The van der Waals surface area contributed by atoms with E-state index in [0.717, 1.165) is 52.6 Å². The van der Waals surface area contributed by atoms with E-state index in [2.05, 4.69) is 49.4 Å².